The molecule has 4 rings (SSSR count). The summed E-state index contributed by atoms with van der Waals surface area (Å²) < 4.78 is 44.3. The largest absolute Gasteiger partial charge is 0.394 e. The average molecular weight is 476 g/mol. The Morgan fingerprint density at radius 3 is 2.06 bits per heavy atom. The Kier molecular flexibility index (Phi) is 7.35. The number of nitrogens with zero attached hydrogens (tertiary/aromatic N) is 4. The molecule has 0 radical (unpaired) electrons. The number of anilines is 2. The second kappa shape index (κ2) is 9.86. The number of aliphatic hydroxyl groups excluding tert-OH is 3. The Bertz CT molecular complexity index is 1080. The molecule has 7 N–H and O–H groups in total. The molecule has 182 valence electrons. The molecule has 0 aromatic carbocycles. The molecule has 0 amide bonds. The van der Waals surface area contributed by atoms with Gasteiger partial charge >= 0.3 is 17.3 Å². The molecular formula is C17H22F2N6O8. The average Bonchev–Trinajstić information content (AvgIpc) is 3.32. The third kappa shape index (κ3) is 5.15. The molecule has 14 nitrogen and oxygen atoms in total. The summed E-state index contributed by atoms with van der Waals surface area (Å²) >= 11 is 0. The van der Waals surface area contributed by atoms with Crippen LogP contribution in [-0.4, -0.2) is 78.7 Å². The van der Waals surface area contributed by atoms with Crippen molar-refractivity contribution in [2.24, 2.45) is 0 Å². The van der Waals surface area contributed by atoms with Crippen molar-refractivity contribution in [1.82, 2.24) is 19.1 Å². The van der Waals surface area contributed by atoms with Crippen LogP contribution in [0.25, 0.3) is 0 Å². The number of ether oxygens (including phenoxy) is 3. The van der Waals surface area contributed by atoms with Gasteiger partial charge in [0.1, 0.15) is 17.7 Å². The number of nitrogens with two attached hydrogens (primary N) is 2. The fourth-order valence-corrected chi connectivity index (χ4v) is 3.05. The van der Waals surface area contributed by atoms with E-state index in [-0.39, 0.29) is 24.8 Å². The van der Waals surface area contributed by atoms with Crippen LogP contribution < -0.4 is 22.8 Å². The zero-order valence-corrected chi connectivity index (χ0v) is 16.9. The second-order valence-corrected chi connectivity index (χ2v) is 6.95. The van der Waals surface area contributed by atoms with Crippen LogP contribution in [-0.2, 0) is 14.2 Å². The van der Waals surface area contributed by atoms with Gasteiger partial charge in [0.05, 0.1) is 19.8 Å². The molecule has 16 heteroatoms. The van der Waals surface area contributed by atoms with E-state index < -0.39 is 54.9 Å². The van der Waals surface area contributed by atoms with E-state index in [0.29, 0.717) is 4.57 Å². The van der Waals surface area contributed by atoms with Crippen LogP contribution in [0.5, 0.6) is 0 Å². The highest BCUT2D eigenvalue weighted by molar-refractivity contribution is 5.24. The fraction of sp³-hybridized carbons (Fsp3) is 0.529. The van der Waals surface area contributed by atoms with Crippen molar-refractivity contribution >= 4 is 11.6 Å². The minimum atomic E-state index is -3.71. The lowest BCUT2D eigenvalue weighted by atomic mass is 10.1. The molecule has 0 spiro atoms. The molecule has 0 bridgehead atoms. The summed E-state index contributed by atoms with van der Waals surface area (Å²) in [4.78, 5) is 29.7. The number of rotatable bonds is 4. The minimum absolute atomic E-state index is 0.114. The molecule has 2 aromatic rings. The van der Waals surface area contributed by atoms with Gasteiger partial charge < -0.3 is 41.0 Å². The Labute approximate surface area is 183 Å². The summed E-state index contributed by atoms with van der Waals surface area (Å²) in [7, 11) is 0. The van der Waals surface area contributed by atoms with Gasteiger partial charge in [-0.05, 0) is 12.1 Å². The number of aromatic nitrogens is 4. The molecule has 4 heterocycles. The lowest BCUT2D eigenvalue weighted by Gasteiger charge is -2.20. The van der Waals surface area contributed by atoms with Crippen LogP contribution in [0.4, 0.5) is 20.4 Å². The van der Waals surface area contributed by atoms with E-state index in [4.69, 9.17) is 35.9 Å². The Balaban J connectivity index is 0.000000189. The fourth-order valence-electron chi connectivity index (χ4n) is 3.05. The summed E-state index contributed by atoms with van der Waals surface area (Å²) in [5, 5.41) is 26.9. The van der Waals surface area contributed by atoms with Crippen molar-refractivity contribution in [3.8, 4) is 0 Å². The van der Waals surface area contributed by atoms with E-state index in [1.54, 1.807) is 0 Å². The van der Waals surface area contributed by atoms with Gasteiger partial charge in [0.2, 0.25) is 6.23 Å². The maximum Gasteiger partial charge on any atom is 0.351 e. The number of hydrogen-bond acceptors (Lipinski definition) is 12. The first kappa shape index (κ1) is 24.6. The Hall–Kier alpha value is -3.02. The summed E-state index contributed by atoms with van der Waals surface area (Å²) in [5.74, 6) is -3.67. The van der Waals surface area contributed by atoms with Crippen LogP contribution in [0.15, 0.2) is 34.1 Å². The Morgan fingerprint density at radius 1 is 1.03 bits per heavy atom. The van der Waals surface area contributed by atoms with E-state index in [2.05, 4.69) is 9.97 Å². The van der Waals surface area contributed by atoms with E-state index >= 15 is 0 Å². The Morgan fingerprint density at radius 2 is 1.61 bits per heavy atom. The van der Waals surface area contributed by atoms with Crippen LogP contribution in [0.1, 0.15) is 12.5 Å². The van der Waals surface area contributed by atoms with Gasteiger partial charge in [-0.25, -0.2) is 9.59 Å². The molecule has 2 fully saturated rings. The highest BCUT2D eigenvalue weighted by Gasteiger charge is 2.59. The van der Waals surface area contributed by atoms with Crippen molar-refractivity contribution in [3.05, 3.63) is 45.5 Å². The molecule has 2 saturated heterocycles. The van der Waals surface area contributed by atoms with Crippen LogP contribution >= 0.6 is 0 Å². The zero-order valence-electron chi connectivity index (χ0n) is 16.9. The summed E-state index contributed by atoms with van der Waals surface area (Å²) in [6.45, 7) is -0.825. The quantitative estimate of drug-likeness (QED) is 0.308. The van der Waals surface area contributed by atoms with Crippen LogP contribution in [0, 0.1) is 0 Å². The molecule has 0 saturated carbocycles. The number of halogens is 2. The number of hydrogen-bond donors (Lipinski definition) is 5. The van der Waals surface area contributed by atoms with E-state index in [9.17, 15) is 23.5 Å². The number of nitrogen functional groups attached to an aromatic ring is 2. The monoisotopic (exact) mass is 476 g/mol. The molecule has 5 atom stereocenters. The van der Waals surface area contributed by atoms with Crippen molar-refractivity contribution < 1.29 is 38.3 Å². The molecule has 2 aliphatic rings. The molecule has 2 aromatic heterocycles. The first-order chi connectivity index (χ1) is 15.6. The smallest absolute Gasteiger partial charge is 0.351 e. The molecule has 0 unspecified atom stereocenters. The predicted octanol–water partition coefficient (Wildman–Crippen LogP) is -2.60. The van der Waals surface area contributed by atoms with E-state index in [1.807, 2.05) is 0 Å². The van der Waals surface area contributed by atoms with Crippen molar-refractivity contribution in [1.29, 1.82) is 0 Å². The summed E-state index contributed by atoms with van der Waals surface area (Å²) in [5.41, 5.74) is 9.05. The van der Waals surface area contributed by atoms with Crippen molar-refractivity contribution in [2.45, 2.75) is 36.9 Å². The number of alkyl halides is 2. The molecular weight excluding hydrogens is 454 g/mol. The lowest BCUT2D eigenvalue weighted by Crippen LogP contribution is -2.41. The SMILES string of the molecule is Nc1ccn([C@@H]2CO[C@H](CO)O2)c(=O)n1.Nc1ccn([C@@H]2O[C@H](CO)[C@@H](O)C2(F)F)c(=O)n1. The lowest BCUT2D eigenvalue weighted by molar-refractivity contribution is -0.140. The summed E-state index contributed by atoms with van der Waals surface area (Å²) in [6, 6.07) is 2.65. The van der Waals surface area contributed by atoms with Gasteiger partial charge in [0.25, 0.3) is 0 Å². The topological polar surface area (TPSA) is 210 Å². The van der Waals surface area contributed by atoms with Gasteiger partial charge in [-0.3, -0.25) is 9.13 Å². The van der Waals surface area contributed by atoms with Crippen LogP contribution in [0.3, 0.4) is 0 Å². The van der Waals surface area contributed by atoms with Gasteiger partial charge in [-0.1, -0.05) is 0 Å². The van der Waals surface area contributed by atoms with Crippen molar-refractivity contribution in [2.75, 3.05) is 31.3 Å². The normalized spacial score (nSPS) is 28.3. The maximum atomic E-state index is 13.7. The third-order valence-electron chi connectivity index (χ3n) is 4.71. The van der Waals surface area contributed by atoms with Crippen LogP contribution in [0.2, 0.25) is 0 Å². The van der Waals surface area contributed by atoms with Gasteiger partial charge in [0, 0.05) is 12.4 Å². The first-order valence-electron chi connectivity index (χ1n) is 9.48. The zero-order chi connectivity index (χ0) is 24.3. The number of aliphatic hydroxyl groups is 3. The third-order valence-corrected chi connectivity index (χ3v) is 4.71. The van der Waals surface area contributed by atoms with E-state index in [1.165, 1.54) is 16.8 Å². The highest BCUT2D eigenvalue weighted by Crippen LogP contribution is 2.41. The van der Waals surface area contributed by atoms with Gasteiger partial charge in [-0.15, -0.1) is 0 Å². The first-order valence-corrected chi connectivity index (χ1v) is 9.48. The van der Waals surface area contributed by atoms with E-state index in [0.717, 1.165) is 12.3 Å². The highest BCUT2D eigenvalue weighted by atomic mass is 19.3. The standard InChI is InChI=1S/C9H11F2N3O4.C8H11N3O4/c10-9(11)6(16)4(3-15)18-7(9)14-2-1-5(12)13-8(14)17;9-5-1-2-11(8(13)10-5)6-4-14-7(3-12)15-6/h1-2,4,6-7,15-16H,3H2,(H2,12,13,17);1-2,6-7,12H,3-4H2,(H2,9,10,13)/t4-,6-,7-;6-,7-/m10/s1. The molecule has 33 heavy (non-hydrogen) atoms. The molecule has 2 aliphatic heterocycles. The summed E-state index contributed by atoms with van der Waals surface area (Å²) in [6.07, 6.45) is -4.44. The second-order valence-electron chi connectivity index (χ2n) is 6.95. The van der Waals surface area contributed by atoms with Gasteiger partial charge in [0.15, 0.2) is 18.6 Å². The van der Waals surface area contributed by atoms with Crippen molar-refractivity contribution in [3.63, 3.8) is 0 Å². The molecule has 0 aliphatic carbocycles. The predicted molar refractivity (Wildman–Crippen MR) is 105 cm³/mol. The minimum Gasteiger partial charge on any atom is -0.394 e. The maximum absolute atomic E-state index is 13.7. The van der Waals surface area contributed by atoms with Gasteiger partial charge in [-0.2, -0.15) is 18.7 Å².